The van der Waals surface area contributed by atoms with Crippen molar-refractivity contribution in [2.45, 2.75) is 44.9 Å². The zero-order chi connectivity index (χ0) is 7.52. The number of rotatable bonds is 0. The van der Waals surface area contributed by atoms with Gasteiger partial charge in [-0.1, -0.05) is 19.3 Å². The molecule has 0 amide bonds. The molecular weight excluding hydrogens is 134 g/mol. The summed E-state index contributed by atoms with van der Waals surface area (Å²) in [5.74, 6) is 0.910. The van der Waals surface area contributed by atoms with Crippen LogP contribution in [0.15, 0.2) is 4.99 Å². The summed E-state index contributed by atoms with van der Waals surface area (Å²) in [4.78, 5) is 4.63. The summed E-state index contributed by atoms with van der Waals surface area (Å²) in [5.41, 5.74) is 1.55. The molecule has 0 aromatic rings. The van der Waals surface area contributed by atoms with E-state index in [1.54, 1.807) is 5.71 Å². The SMILES string of the molecule is C1CCCC2CCC2=NCC1. The molecule has 1 unspecified atom stereocenters. The summed E-state index contributed by atoms with van der Waals surface area (Å²) in [6, 6.07) is 0. The topological polar surface area (TPSA) is 12.4 Å². The highest BCUT2D eigenvalue weighted by Gasteiger charge is 2.25. The highest BCUT2D eigenvalue weighted by atomic mass is 14.8. The van der Waals surface area contributed by atoms with Gasteiger partial charge < -0.3 is 0 Å². The molecule has 0 spiro atoms. The molecule has 2 aliphatic rings. The van der Waals surface area contributed by atoms with Gasteiger partial charge in [-0.2, -0.15) is 0 Å². The molecule has 0 aromatic carbocycles. The Labute approximate surface area is 68.9 Å². The highest BCUT2D eigenvalue weighted by molar-refractivity contribution is 5.91. The number of fused-ring (bicyclic) bond motifs is 1. The zero-order valence-electron chi connectivity index (χ0n) is 7.18. The van der Waals surface area contributed by atoms with Gasteiger partial charge in [-0.15, -0.1) is 0 Å². The molecule has 0 radical (unpaired) electrons. The fourth-order valence-corrected chi connectivity index (χ4v) is 2.08. The van der Waals surface area contributed by atoms with E-state index in [0.717, 1.165) is 12.5 Å². The number of hydrogen-bond donors (Lipinski definition) is 0. The standard InChI is InChI=1S/C10H17N/c1-2-4-8-11-10-7-6-9(10)5-3-1/h9H,1-8H2. The van der Waals surface area contributed by atoms with Crippen LogP contribution in [-0.2, 0) is 0 Å². The first-order valence-electron chi connectivity index (χ1n) is 5.00. The maximum atomic E-state index is 4.63. The lowest BCUT2D eigenvalue weighted by Crippen LogP contribution is -2.25. The molecule has 1 nitrogen and oxygen atoms in total. The molecule has 1 saturated carbocycles. The zero-order valence-corrected chi connectivity index (χ0v) is 7.18. The molecule has 1 atom stereocenters. The molecule has 1 heteroatoms. The lowest BCUT2D eigenvalue weighted by molar-refractivity contribution is 0.485. The van der Waals surface area contributed by atoms with E-state index in [1.807, 2.05) is 0 Å². The first-order valence-corrected chi connectivity index (χ1v) is 5.00. The van der Waals surface area contributed by atoms with Crippen LogP contribution in [0.25, 0.3) is 0 Å². The third-order valence-electron chi connectivity index (χ3n) is 3.00. The van der Waals surface area contributed by atoms with E-state index in [2.05, 4.69) is 4.99 Å². The smallest absolute Gasteiger partial charge is 0.0388 e. The molecular formula is C10H17N. The van der Waals surface area contributed by atoms with Gasteiger partial charge in [0.25, 0.3) is 0 Å². The van der Waals surface area contributed by atoms with Crippen molar-refractivity contribution >= 4 is 5.71 Å². The van der Waals surface area contributed by atoms with Crippen molar-refractivity contribution < 1.29 is 0 Å². The molecule has 0 bridgehead atoms. The summed E-state index contributed by atoms with van der Waals surface area (Å²) in [6.45, 7) is 1.12. The van der Waals surface area contributed by atoms with E-state index in [0.29, 0.717) is 0 Å². The maximum Gasteiger partial charge on any atom is 0.0388 e. The van der Waals surface area contributed by atoms with Crippen LogP contribution in [-0.4, -0.2) is 12.3 Å². The van der Waals surface area contributed by atoms with Crippen molar-refractivity contribution in [1.29, 1.82) is 0 Å². The van der Waals surface area contributed by atoms with Crippen LogP contribution in [0.1, 0.15) is 44.9 Å². The third kappa shape index (κ3) is 1.63. The van der Waals surface area contributed by atoms with E-state index in [9.17, 15) is 0 Å². The number of aliphatic imine (C=N–C) groups is 1. The van der Waals surface area contributed by atoms with Crippen molar-refractivity contribution in [1.82, 2.24) is 0 Å². The van der Waals surface area contributed by atoms with Gasteiger partial charge in [0.1, 0.15) is 0 Å². The van der Waals surface area contributed by atoms with Gasteiger partial charge in [-0.05, 0) is 31.6 Å². The Morgan fingerprint density at radius 3 is 2.73 bits per heavy atom. The van der Waals surface area contributed by atoms with Crippen LogP contribution in [0.2, 0.25) is 0 Å². The predicted octanol–water partition coefficient (Wildman–Crippen LogP) is 2.80. The fraction of sp³-hybridized carbons (Fsp3) is 0.900. The Kier molecular flexibility index (Phi) is 2.25. The van der Waals surface area contributed by atoms with E-state index in [-0.39, 0.29) is 0 Å². The van der Waals surface area contributed by atoms with Crippen LogP contribution < -0.4 is 0 Å². The third-order valence-corrected chi connectivity index (χ3v) is 3.00. The van der Waals surface area contributed by atoms with Gasteiger partial charge in [-0.3, -0.25) is 4.99 Å². The molecule has 11 heavy (non-hydrogen) atoms. The quantitative estimate of drug-likeness (QED) is 0.505. The van der Waals surface area contributed by atoms with Gasteiger partial charge in [0, 0.05) is 12.3 Å². The molecule has 0 saturated heterocycles. The normalized spacial score (nSPS) is 32.0. The minimum absolute atomic E-state index is 0.910. The summed E-state index contributed by atoms with van der Waals surface area (Å²) in [6.07, 6.45) is 9.80. The Balaban J connectivity index is 1.93. The van der Waals surface area contributed by atoms with Crippen LogP contribution in [0.3, 0.4) is 0 Å². The molecule has 1 fully saturated rings. The van der Waals surface area contributed by atoms with Gasteiger partial charge in [0.15, 0.2) is 0 Å². The van der Waals surface area contributed by atoms with E-state index < -0.39 is 0 Å². The van der Waals surface area contributed by atoms with Gasteiger partial charge in [0.2, 0.25) is 0 Å². The van der Waals surface area contributed by atoms with Crippen molar-refractivity contribution in [3.05, 3.63) is 0 Å². The number of hydrogen-bond acceptors (Lipinski definition) is 1. The average molecular weight is 151 g/mol. The van der Waals surface area contributed by atoms with E-state index >= 15 is 0 Å². The van der Waals surface area contributed by atoms with Crippen molar-refractivity contribution in [3.8, 4) is 0 Å². The Hall–Kier alpha value is -0.330. The Bertz CT molecular complexity index is 160. The van der Waals surface area contributed by atoms with Gasteiger partial charge in [0.05, 0.1) is 0 Å². The van der Waals surface area contributed by atoms with Gasteiger partial charge >= 0.3 is 0 Å². The van der Waals surface area contributed by atoms with Crippen molar-refractivity contribution in [2.75, 3.05) is 6.54 Å². The lowest BCUT2D eigenvalue weighted by Gasteiger charge is -2.27. The highest BCUT2D eigenvalue weighted by Crippen LogP contribution is 2.30. The second kappa shape index (κ2) is 3.38. The van der Waals surface area contributed by atoms with Crippen LogP contribution >= 0.6 is 0 Å². The predicted molar refractivity (Wildman–Crippen MR) is 48.1 cm³/mol. The summed E-state index contributed by atoms with van der Waals surface area (Å²) in [7, 11) is 0. The Morgan fingerprint density at radius 1 is 1.00 bits per heavy atom. The summed E-state index contributed by atoms with van der Waals surface area (Å²) in [5, 5.41) is 0. The Morgan fingerprint density at radius 2 is 1.91 bits per heavy atom. The second-order valence-corrected chi connectivity index (χ2v) is 3.81. The summed E-state index contributed by atoms with van der Waals surface area (Å²) >= 11 is 0. The van der Waals surface area contributed by atoms with Crippen LogP contribution in [0.5, 0.6) is 0 Å². The largest absolute Gasteiger partial charge is 0.294 e. The minimum Gasteiger partial charge on any atom is -0.294 e. The molecule has 1 heterocycles. The monoisotopic (exact) mass is 151 g/mol. The molecule has 62 valence electrons. The minimum atomic E-state index is 0.910. The lowest BCUT2D eigenvalue weighted by atomic mass is 9.79. The van der Waals surface area contributed by atoms with Crippen molar-refractivity contribution in [3.63, 3.8) is 0 Å². The molecule has 0 N–H and O–H groups in total. The molecule has 1 aliphatic carbocycles. The van der Waals surface area contributed by atoms with Crippen LogP contribution in [0.4, 0.5) is 0 Å². The van der Waals surface area contributed by atoms with Crippen molar-refractivity contribution in [2.24, 2.45) is 10.9 Å². The maximum absolute atomic E-state index is 4.63. The first-order chi connectivity index (χ1) is 5.47. The molecule has 1 aliphatic heterocycles. The summed E-state index contributed by atoms with van der Waals surface area (Å²) < 4.78 is 0. The van der Waals surface area contributed by atoms with E-state index in [1.165, 1.54) is 44.9 Å². The number of nitrogens with zero attached hydrogens (tertiary/aromatic N) is 1. The van der Waals surface area contributed by atoms with E-state index in [4.69, 9.17) is 0 Å². The molecule has 2 rings (SSSR count). The fourth-order valence-electron chi connectivity index (χ4n) is 2.08. The van der Waals surface area contributed by atoms with Gasteiger partial charge in [-0.25, -0.2) is 0 Å². The average Bonchev–Trinajstić information content (AvgIpc) is 2.04. The van der Waals surface area contributed by atoms with Crippen LogP contribution in [0, 0.1) is 5.92 Å². The first kappa shape index (κ1) is 7.33. The molecule has 0 aromatic heterocycles. The second-order valence-electron chi connectivity index (χ2n) is 3.81.